The predicted octanol–water partition coefficient (Wildman–Crippen LogP) is 12.9. The number of hydrogen-bond acceptors (Lipinski definition) is 6. The molecule has 0 atom stereocenters. The maximum absolute atomic E-state index is 14.6. The predicted molar refractivity (Wildman–Crippen MR) is 224 cm³/mol. The van der Waals surface area contributed by atoms with Gasteiger partial charge in [-0.15, -0.1) is 0 Å². The molecular weight excluding hydrogens is 713 g/mol. The van der Waals surface area contributed by atoms with Crippen molar-refractivity contribution < 1.29 is 26.3 Å². The van der Waals surface area contributed by atoms with Crippen LogP contribution < -0.4 is 9.47 Å². The second kappa shape index (κ2) is 21.1. The van der Waals surface area contributed by atoms with Crippen LogP contribution in [0.25, 0.3) is 22.0 Å². The molecule has 0 radical (unpaired) electrons. The van der Waals surface area contributed by atoms with E-state index in [-0.39, 0.29) is 42.2 Å². The first-order valence-electron chi connectivity index (χ1n) is 20.9. The van der Waals surface area contributed by atoms with Gasteiger partial charge in [0.15, 0.2) is 0 Å². The summed E-state index contributed by atoms with van der Waals surface area (Å²) in [7, 11) is -8.16. The molecule has 0 amide bonds. The summed E-state index contributed by atoms with van der Waals surface area (Å²) >= 11 is 0. The molecule has 2 aliphatic heterocycles. The molecule has 6 nitrogen and oxygen atoms in total. The van der Waals surface area contributed by atoms with Gasteiger partial charge in [-0.2, -0.15) is 0 Å². The minimum absolute atomic E-state index is 0.00557. The molecule has 0 saturated carbocycles. The molecule has 0 N–H and O–H groups in total. The van der Waals surface area contributed by atoms with Crippen LogP contribution in [-0.4, -0.2) is 30.0 Å². The first-order chi connectivity index (χ1) is 26.3. The third-order valence-electron chi connectivity index (χ3n) is 10.7. The largest absolute Gasteiger partial charge is 0.492 e. The third kappa shape index (κ3) is 10.5. The summed E-state index contributed by atoms with van der Waals surface area (Å²) in [5, 5.41) is 0. The lowest BCUT2D eigenvalue weighted by molar-refractivity contribution is 0.283. The van der Waals surface area contributed by atoms with Crippen LogP contribution in [0, 0.1) is 0 Å². The molecule has 0 spiro atoms. The van der Waals surface area contributed by atoms with Crippen molar-refractivity contribution in [3.05, 3.63) is 82.9 Å². The standard InChI is InChI=1S/C46H62O6S2/c1-3-5-7-9-11-13-15-17-19-27-33-51-43-39-35-41(37-29-23-21-24-30-37)54(49,50)46(39)44(52-34-28-20-18-16-14-12-10-8-6-4-2)40-36-42(53(47,48)45(40)43)38-31-25-22-26-32-38/h21-26,29-32,35-36H,3-20,27-28,33-34H2,1-2H3. The van der Waals surface area contributed by atoms with Crippen molar-refractivity contribution in [1.82, 2.24) is 0 Å². The zero-order valence-corrected chi connectivity index (χ0v) is 34.4. The van der Waals surface area contributed by atoms with Crippen LogP contribution in [-0.2, 0) is 19.7 Å². The number of fused-ring (bicyclic) bond motifs is 2. The van der Waals surface area contributed by atoms with Gasteiger partial charge in [0, 0.05) is 11.1 Å². The highest BCUT2D eigenvalue weighted by Crippen LogP contribution is 2.56. The number of hydrogen-bond donors (Lipinski definition) is 0. The van der Waals surface area contributed by atoms with Gasteiger partial charge >= 0.3 is 0 Å². The average molecular weight is 775 g/mol. The zero-order valence-electron chi connectivity index (χ0n) is 32.8. The number of unbranched alkanes of at least 4 members (excludes halogenated alkanes) is 18. The summed E-state index contributed by atoms with van der Waals surface area (Å²) in [6.07, 6.45) is 26.4. The maximum atomic E-state index is 14.6. The topological polar surface area (TPSA) is 86.7 Å². The Morgan fingerprint density at radius 1 is 0.407 bits per heavy atom. The molecule has 0 saturated heterocycles. The van der Waals surface area contributed by atoms with Crippen LogP contribution in [0.2, 0.25) is 0 Å². The van der Waals surface area contributed by atoms with Crippen molar-refractivity contribution in [1.29, 1.82) is 0 Å². The summed E-state index contributed by atoms with van der Waals surface area (Å²) in [6.45, 7) is 5.05. The maximum Gasteiger partial charge on any atom is 0.211 e. The van der Waals surface area contributed by atoms with Crippen molar-refractivity contribution >= 4 is 41.6 Å². The highest BCUT2D eigenvalue weighted by atomic mass is 32.2. The van der Waals surface area contributed by atoms with Crippen molar-refractivity contribution in [3.63, 3.8) is 0 Å². The smallest absolute Gasteiger partial charge is 0.211 e. The first-order valence-corrected chi connectivity index (χ1v) is 23.8. The number of ether oxygens (including phenoxy) is 2. The van der Waals surface area contributed by atoms with Crippen molar-refractivity contribution in [2.24, 2.45) is 0 Å². The lowest BCUT2D eigenvalue weighted by atomic mass is 10.0. The van der Waals surface area contributed by atoms with Crippen molar-refractivity contribution in [2.45, 2.75) is 152 Å². The molecule has 0 fully saturated rings. The second-order valence-corrected chi connectivity index (χ2v) is 18.7. The van der Waals surface area contributed by atoms with Gasteiger partial charge in [0.2, 0.25) is 19.7 Å². The van der Waals surface area contributed by atoms with E-state index in [1.807, 2.05) is 12.1 Å². The monoisotopic (exact) mass is 774 g/mol. The molecule has 0 unspecified atom stereocenters. The van der Waals surface area contributed by atoms with Crippen LogP contribution in [0.1, 0.15) is 165 Å². The van der Waals surface area contributed by atoms with Crippen LogP contribution in [0.3, 0.4) is 0 Å². The molecule has 294 valence electrons. The normalized spacial score (nSPS) is 15.1. The molecule has 0 aromatic heterocycles. The van der Waals surface area contributed by atoms with Crippen molar-refractivity contribution in [2.75, 3.05) is 13.2 Å². The van der Waals surface area contributed by atoms with Gasteiger partial charge in [0.1, 0.15) is 21.3 Å². The first kappa shape index (κ1) is 41.8. The SMILES string of the molecule is CCCCCCCCCCCCOc1c2c(c(OCCCCCCCCCCCC)c3c1S(=O)(=O)C(c1ccccc1)=C3)S(=O)(=O)C(c1ccccc1)=C2. The van der Waals surface area contributed by atoms with E-state index in [2.05, 4.69) is 13.8 Å². The Morgan fingerprint density at radius 2 is 0.704 bits per heavy atom. The minimum Gasteiger partial charge on any atom is -0.492 e. The minimum atomic E-state index is -4.08. The number of rotatable bonds is 26. The molecule has 0 aliphatic carbocycles. The van der Waals surface area contributed by atoms with Crippen molar-refractivity contribution in [3.8, 4) is 11.5 Å². The van der Waals surface area contributed by atoms with Crippen LogP contribution in [0.4, 0.5) is 0 Å². The van der Waals surface area contributed by atoms with E-state index in [1.54, 1.807) is 60.7 Å². The fourth-order valence-corrected chi connectivity index (χ4v) is 11.2. The van der Waals surface area contributed by atoms with Gasteiger partial charge in [-0.05, 0) is 36.1 Å². The summed E-state index contributed by atoms with van der Waals surface area (Å²) < 4.78 is 71.1. The molecule has 3 aromatic rings. The molecule has 54 heavy (non-hydrogen) atoms. The lowest BCUT2D eigenvalue weighted by Gasteiger charge is -2.19. The average Bonchev–Trinajstić information content (AvgIpc) is 3.62. The molecular formula is C46H62O6S2. The Kier molecular flexibility index (Phi) is 16.3. The highest BCUT2D eigenvalue weighted by Gasteiger charge is 2.45. The Bertz CT molecular complexity index is 1770. The molecule has 3 aromatic carbocycles. The summed E-state index contributed by atoms with van der Waals surface area (Å²) in [5.74, 6) is 0.220. The van der Waals surface area contributed by atoms with Crippen LogP contribution in [0.15, 0.2) is 70.5 Å². The van der Waals surface area contributed by atoms with Gasteiger partial charge in [-0.25, -0.2) is 16.8 Å². The van der Waals surface area contributed by atoms with E-state index in [4.69, 9.17) is 9.47 Å². The molecule has 0 bridgehead atoms. The van der Waals surface area contributed by atoms with Gasteiger partial charge in [-0.3, -0.25) is 0 Å². The van der Waals surface area contributed by atoms with E-state index in [0.29, 0.717) is 24.3 Å². The van der Waals surface area contributed by atoms with Crippen LogP contribution in [0.5, 0.6) is 11.5 Å². The second-order valence-electron chi connectivity index (χ2n) is 15.0. The lowest BCUT2D eigenvalue weighted by Crippen LogP contribution is -2.12. The molecule has 5 rings (SSSR count). The van der Waals surface area contributed by atoms with Gasteiger partial charge in [0.25, 0.3) is 0 Å². The van der Waals surface area contributed by atoms with Gasteiger partial charge in [0.05, 0.1) is 23.0 Å². The summed E-state index contributed by atoms with van der Waals surface area (Å²) in [4.78, 5) is 0.259. The van der Waals surface area contributed by atoms with E-state index in [1.165, 1.54) is 89.9 Å². The molecule has 8 heteroatoms. The number of benzene rings is 3. The summed E-state index contributed by atoms with van der Waals surface area (Å²) in [5.41, 5.74) is 1.62. The Morgan fingerprint density at radius 3 is 1.02 bits per heavy atom. The Balaban J connectivity index is 1.41. The molecule has 2 aliphatic rings. The van der Waals surface area contributed by atoms with Gasteiger partial charge < -0.3 is 9.47 Å². The van der Waals surface area contributed by atoms with E-state index < -0.39 is 19.7 Å². The Hall–Kier alpha value is -3.36. The van der Waals surface area contributed by atoms with Crippen LogP contribution >= 0.6 is 0 Å². The van der Waals surface area contributed by atoms with E-state index in [9.17, 15) is 16.8 Å². The fraction of sp³-hybridized carbons (Fsp3) is 0.522. The summed E-state index contributed by atoms with van der Waals surface area (Å²) in [6, 6.07) is 18.0. The number of sulfone groups is 2. The Labute approximate surface area is 326 Å². The van der Waals surface area contributed by atoms with E-state index in [0.717, 1.165) is 38.5 Å². The zero-order chi connectivity index (χ0) is 38.2. The van der Waals surface area contributed by atoms with Gasteiger partial charge in [-0.1, -0.05) is 190 Å². The quantitative estimate of drug-likeness (QED) is 0.0755. The van der Waals surface area contributed by atoms with E-state index >= 15 is 0 Å². The fourth-order valence-electron chi connectivity index (χ4n) is 7.62. The highest BCUT2D eigenvalue weighted by molar-refractivity contribution is 8.02. The molecule has 2 heterocycles. The third-order valence-corrected chi connectivity index (χ3v) is 14.4.